The molecule has 6 heteroatoms. The molecule has 1 aliphatic rings. The van der Waals surface area contributed by atoms with Gasteiger partial charge in [-0.05, 0) is 47.8 Å². The predicted octanol–water partition coefficient (Wildman–Crippen LogP) is 2.94. The summed E-state index contributed by atoms with van der Waals surface area (Å²) in [6.45, 7) is 3.00. The van der Waals surface area contributed by atoms with Gasteiger partial charge in [-0.2, -0.15) is 0 Å². The first-order valence-corrected chi connectivity index (χ1v) is 7.87. The molecule has 0 aromatic carbocycles. The predicted molar refractivity (Wildman–Crippen MR) is 77.4 cm³/mol. The Labute approximate surface area is 124 Å². The van der Waals surface area contributed by atoms with Gasteiger partial charge < -0.3 is 10.0 Å². The van der Waals surface area contributed by atoms with Gasteiger partial charge in [-0.25, -0.2) is 0 Å². The van der Waals surface area contributed by atoms with E-state index in [0.29, 0.717) is 25.9 Å². The van der Waals surface area contributed by atoms with E-state index in [4.69, 9.17) is 5.11 Å². The van der Waals surface area contributed by atoms with Gasteiger partial charge in [0.2, 0.25) is 5.91 Å². The van der Waals surface area contributed by atoms with E-state index in [1.165, 1.54) is 0 Å². The summed E-state index contributed by atoms with van der Waals surface area (Å²) in [5.74, 6) is -1.10. The molecule has 1 N–H and O–H groups in total. The molecule has 2 heterocycles. The molecule has 2 rings (SSSR count). The maximum absolute atomic E-state index is 12.4. The topological polar surface area (TPSA) is 57.6 Å². The number of carbonyl (C=O) groups is 2. The molecule has 4 nitrogen and oxygen atoms in total. The van der Waals surface area contributed by atoms with Crippen LogP contribution in [0.2, 0.25) is 0 Å². The molecule has 0 spiro atoms. The van der Waals surface area contributed by atoms with Crippen molar-refractivity contribution in [1.29, 1.82) is 0 Å². The van der Waals surface area contributed by atoms with Crippen LogP contribution < -0.4 is 0 Å². The van der Waals surface area contributed by atoms with Crippen LogP contribution in [-0.4, -0.2) is 35.0 Å². The number of carboxylic acids is 1. The van der Waals surface area contributed by atoms with Gasteiger partial charge >= 0.3 is 5.97 Å². The summed E-state index contributed by atoms with van der Waals surface area (Å²) >= 11 is 4.97. The van der Waals surface area contributed by atoms with Gasteiger partial charge in [-0.3, -0.25) is 9.59 Å². The Hall–Kier alpha value is -0.880. The minimum atomic E-state index is -0.748. The first-order valence-electron chi connectivity index (χ1n) is 6.26. The number of likely N-dealkylation sites (tertiary alicyclic amines) is 1. The summed E-state index contributed by atoms with van der Waals surface area (Å²) in [5, 5.41) is 8.95. The zero-order chi connectivity index (χ0) is 14.0. The number of thiophene rings is 1. The number of carbonyl (C=O) groups excluding carboxylic acids is 1. The molecule has 1 aromatic heterocycles. The maximum Gasteiger partial charge on any atom is 0.306 e. The first kappa shape index (κ1) is 14.5. The maximum atomic E-state index is 12.4. The monoisotopic (exact) mass is 345 g/mol. The Morgan fingerprint density at radius 1 is 1.42 bits per heavy atom. The van der Waals surface area contributed by atoms with Crippen molar-refractivity contribution in [3.05, 3.63) is 20.8 Å². The summed E-state index contributed by atoms with van der Waals surface area (Å²) in [4.78, 5) is 26.1. The Balaban J connectivity index is 1.96. The zero-order valence-electron chi connectivity index (χ0n) is 10.6. The van der Waals surface area contributed by atoms with E-state index >= 15 is 0 Å². The van der Waals surface area contributed by atoms with Crippen molar-refractivity contribution in [2.45, 2.75) is 25.7 Å². The Bertz CT molecular complexity index is 480. The molecule has 0 aliphatic carbocycles. The standard InChI is InChI=1S/C13H16BrNO3S/c1-8(10-2-3-11(14)19-10)12(16)15-6-4-9(5-7-15)13(17)18/h2-3,8-9H,4-7H2,1H3,(H,17,18). The Morgan fingerprint density at radius 2 is 2.05 bits per heavy atom. The molecule has 1 aliphatic heterocycles. The lowest BCUT2D eigenvalue weighted by atomic mass is 9.96. The van der Waals surface area contributed by atoms with Crippen LogP contribution in [0.4, 0.5) is 0 Å². The number of aliphatic carboxylic acids is 1. The van der Waals surface area contributed by atoms with Gasteiger partial charge in [0.15, 0.2) is 0 Å². The second-order valence-corrected chi connectivity index (χ2v) is 7.30. The fraction of sp³-hybridized carbons (Fsp3) is 0.538. The molecule has 0 radical (unpaired) electrons. The second kappa shape index (κ2) is 6.05. The Morgan fingerprint density at radius 3 is 2.53 bits per heavy atom. The van der Waals surface area contributed by atoms with Gasteiger partial charge in [0.05, 0.1) is 15.6 Å². The number of hydrogen-bond acceptors (Lipinski definition) is 3. The summed E-state index contributed by atoms with van der Waals surface area (Å²) in [5.41, 5.74) is 0. The number of halogens is 1. The van der Waals surface area contributed by atoms with Crippen molar-refractivity contribution in [2.75, 3.05) is 13.1 Å². The van der Waals surface area contributed by atoms with Gasteiger partial charge in [0.25, 0.3) is 0 Å². The van der Waals surface area contributed by atoms with E-state index in [0.717, 1.165) is 8.66 Å². The largest absolute Gasteiger partial charge is 0.481 e. The number of nitrogens with zero attached hydrogens (tertiary/aromatic N) is 1. The minimum Gasteiger partial charge on any atom is -0.481 e. The van der Waals surface area contributed by atoms with E-state index in [1.807, 2.05) is 19.1 Å². The van der Waals surface area contributed by atoms with Crippen LogP contribution in [-0.2, 0) is 9.59 Å². The number of piperidine rings is 1. The third-order valence-corrected chi connectivity index (χ3v) is 5.35. The van der Waals surface area contributed by atoms with Crippen molar-refractivity contribution in [1.82, 2.24) is 4.90 Å². The fourth-order valence-electron chi connectivity index (χ4n) is 2.30. The van der Waals surface area contributed by atoms with E-state index in [9.17, 15) is 9.59 Å². The van der Waals surface area contributed by atoms with Gasteiger partial charge in [-0.15, -0.1) is 11.3 Å². The molecule has 1 saturated heterocycles. The van der Waals surface area contributed by atoms with Crippen molar-refractivity contribution in [3.8, 4) is 0 Å². The van der Waals surface area contributed by atoms with Crippen LogP contribution in [0.3, 0.4) is 0 Å². The molecule has 1 fully saturated rings. The zero-order valence-corrected chi connectivity index (χ0v) is 13.0. The van der Waals surface area contributed by atoms with Crippen LogP contribution in [0.25, 0.3) is 0 Å². The number of carboxylic acid groups (broad SMARTS) is 1. The van der Waals surface area contributed by atoms with E-state index in [2.05, 4.69) is 15.9 Å². The lowest BCUT2D eigenvalue weighted by Crippen LogP contribution is -2.41. The molecular weight excluding hydrogens is 330 g/mol. The SMILES string of the molecule is CC(C(=O)N1CCC(C(=O)O)CC1)c1ccc(Br)s1. The van der Waals surface area contributed by atoms with Gasteiger partial charge in [-0.1, -0.05) is 0 Å². The van der Waals surface area contributed by atoms with Crippen molar-refractivity contribution >= 4 is 39.1 Å². The Kier molecular flexibility index (Phi) is 4.62. The van der Waals surface area contributed by atoms with Crippen LogP contribution in [0, 0.1) is 5.92 Å². The highest BCUT2D eigenvalue weighted by atomic mass is 79.9. The molecule has 1 amide bonds. The fourth-order valence-corrected chi connectivity index (χ4v) is 3.77. The third kappa shape index (κ3) is 3.36. The smallest absolute Gasteiger partial charge is 0.306 e. The molecule has 1 atom stereocenters. The lowest BCUT2D eigenvalue weighted by molar-refractivity contribution is -0.145. The molecule has 1 unspecified atom stereocenters. The highest BCUT2D eigenvalue weighted by Gasteiger charge is 2.29. The first-order chi connectivity index (χ1) is 8.99. The molecular formula is C13H16BrNO3S. The van der Waals surface area contributed by atoms with Crippen LogP contribution in [0.5, 0.6) is 0 Å². The molecule has 0 bridgehead atoms. The summed E-state index contributed by atoms with van der Waals surface area (Å²) in [7, 11) is 0. The van der Waals surface area contributed by atoms with Crippen LogP contribution in [0.15, 0.2) is 15.9 Å². The van der Waals surface area contributed by atoms with E-state index in [-0.39, 0.29) is 17.7 Å². The third-order valence-electron chi connectivity index (χ3n) is 3.55. The minimum absolute atomic E-state index is 0.0955. The van der Waals surface area contributed by atoms with Crippen molar-refractivity contribution in [3.63, 3.8) is 0 Å². The number of rotatable bonds is 3. The molecule has 1 aromatic rings. The van der Waals surface area contributed by atoms with Crippen LogP contribution >= 0.6 is 27.3 Å². The van der Waals surface area contributed by atoms with Crippen molar-refractivity contribution < 1.29 is 14.7 Å². The highest BCUT2D eigenvalue weighted by molar-refractivity contribution is 9.11. The van der Waals surface area contributed by atoms with E-state index in [1.54, 1.807) is 16.2 Å². The number of hydrogen-bond donors (Lipinski definition) is 1. The summed E-state index contributed by atoms with van der Waals surface area (Å²) in [6, 6.07) is 3.90. The average Bonchev–Trinajstić information content (AvgIpc) is 2.84. The van der Waals surface area contributed by atoms with Crippen LogP contribution in [0.1, 0.15) is 30.6 Å². The number of amides is 1. The molecule has 0 saturated carbocycles. The van der Waals surface area contributed by atoms with Gasteiger partial charge in [0.1, 0.15) is 0 Å². The normalized spacial score (nSPS) is 18.3. The van der Waals surface area contributed by atoms with E-state index < -0.39 is 5.97 Å². The van der Waals surface area contributed by atoms with Crippen molar-refractivity contribution in [2.24, 2.45) is 5.92 Å². The summed E-state index contributed by atoms with van der Waals surface area (Å²) in [6.07, 6.45) is 1.11. The van der Waals surface area contributed by atoms with Gasteiger partial charge in [0, 0.05) is 18.0 Å². The quantitative estimate of drug-likeness (QED) is 0.916. The molecule has 19 heavy (non-hydrogen) atoms. The second-order valence-electron chi connectivity index (χ2n) is 4.80. The molecule has 104 valence electrons. The highest BCUT2D eigenvalue weighted by Crippen LogP contribution is 2.30. The average molecular weight is 346 g/mol. The summed E-state index contributed by atoms with van der Waals surface area (Å²) < 4.78 is 1.02. The lowest BCUT2D eigenvalue weighted by Gasteiger charge is -2.31.